The first-order valence-corrected chi connectivity index (χ1v) is 17.7. The van der Waals surface area contributed by atoms with Crippen LogP contribution in [0.2, 0.25) is 0 Å². The SMILES string of the molecule is c1ccc(N(c2ccc(N3CCN(c4ccc5c(c4)c4ccccc4n5-c4ccccc4)c4ncncc43)cc2)c2ccc3ccccc3c2)cc1. The predicted octanol–water partition coefficient (Wildman–Crippen LogP) is 11.5. The summed E-state index contributed by atoms with van der Waals surface area (Å²) in [5.74, 6) is 0.901. The van der Waals surface area contributed by atoms with E-state index in [0.29, 0.717) is 0 Å². The number of rotatable bonds is 6. The molecule has 1 aliphatic rings. The van der Waals surface area contributed by atoms with Crippen molar-refractivity contribution in [1.82, 2.24) is 14.5 Å². The van der Waals surface area contributed by atoms with Crippen LogP contribution in [0.3, 0.4) is 0 Å². The Labute approximate surface area is 302 Å². The molecule has 10 rings (SSSR count). The highest BCUT2D eigenvalue weighted by Gasteiger charge is 2.27. The Hall–Kier alpha value is -6.92. The van der Waals surface area contributed by atoms with E-state index in [1.165, 1.54) is 32.6 Å². The number of hydrogen-bond acceptors (Lipinski definition) is 5. The van der Waals surface area contributed by atoms with Crippen molar-refractivity contribution in [1.29, 1.82) is 0 Å². The highest BCUT2D eigenvalue weighted by Crippen LogP contribution is 2.43. The minimum Gasteiger partial charge on any atom is -0.335 e. The van der Waals surface area contributed by atoms with Gasteiger partial charge in [-0.25, -0.2) is 9.97 Å². The van der Waals surface area contributed by atoms with Gasteiger partial charge in [-0.05, 0) is 95.7 Å². The van der Waals surface area contributed by atoms with Crippen LogP contribution in [0.1, 0.15) is 0 Å². The summed E-state index contributed by atoms with van der Waals surface area (Å²) in [5, 5.41) is 4.90. The highest BCUT2D eigenvalue weighted by atomic mass is 15.3. The molecule has 0 aliphatic carbocycles. The molecule has 6 heteroatoms. The largest absolute Gasteiger partial charge is 0.335 e. The zero-order chi connectivity index (χ0) is 34.4. The van der Waals surface area contributed by atoms with Gasteiger partial charge in [-0.3, -0.25) is 0 Å². The zero-order valence-corrected chi connectivity index (χ0v) is 28.4. The molecule has 7 aromatic carbocycles. The lowest BCUT2D eigenvalue weighted by Crippen LogP contribution is -2.37. The van der Waals surface area contributed by atoms with E-state index in [-0.39, 0.29) is 0 Å². The molecule has 0 amide bonds. The van der Waals surface area contributed by atoms with E-state index in [4.69, 9.17) is 4.98 Å². The summed E-state index contributed by atoms with van der Waals surface area (Å²) >= 11 is 0. The monoisotopic (exact) mass is 670 g/mol. The number of benzene rings is 7. The Morgan fingerprint density at radius 3 is 1.96 bits per heavy atom. The van der Waals surface area contributed by atoms with Crippen LogP contribution < -0.4 is 14.7 Å². The summed E-state index contributed by atoms with van der Waals surface area (Å²) in [6, 6.07) is 60.6. The van der Waals surface area contributed by atoms with E-state index in [1.54, 1.807) is 6.33 Å². The van der Waals surface area contributed by atoms with Gasteiger partial charge < -0.3 is 19.3 Å². The highest BCUT2D eigenvalue weighted by molar-refractivity contribution is 6.10. The lowest BCUT2D eigenvalue weighted by Gasteiger charge is -2.37. The Morgan fingerprint density at radius 1 is 0.462 bits per heavy atom. The Bertz CT molecular complexity index is 2700. The van der Waals surface area contributed by atoms with Crippen molar-refractivity contribution in [3.05, 3.63) is 182 Å². The van der Waals surface area contributed by atoms with Gasteiger partial charge in [-0.15, -0.1) is 0 Å². The summed E-state index contributed by atoms with van der Waals surface area (Å²) in [6.45, 7) is 1.57. The normalized spacial score (nSPS) is 12.8. The van der Waals surface area contributed by atoms with Crippen LogP contribution in [0.5, 0.6) is 0 Å². The Kier molecular flexibility index (Phi) is 7.17. The second-order valence-corrected chi connectivity index (χ2v) is 13.1. The fourth-order valence-corrected chi connectivity index (χ4v) is 7.77. The van der Waals surface area contributed by atoms with E-state index in [9.17, 15) is 0 Å². The van der Waals surface area contributed by atoms with Crippen LogP contribution in [0.15, 0.2) is 182 Å². The molecule has 0 saturated heterocycles. The van der Waals surface area contributed by atoms with Gasteiger partial charge in [0.1, 0.15) is 12.0 Å². The van der Waals surface area contributed by atoms with Crippen LogP contribution in [-0.4, -0.2) is 27.6 Å². The van der Waals surface area contributed by atoms with Crippen LogP contribution in [0, 0.1) is 0 Å². The van der Waals surface area contributed by atoms with Gasteiger partial charge in [-0.2, -0.15) is 0 Å². The average molecular weight is 671 g/mol. The molecule has 3 heterocycles. The van der Waals surface area contributed by atoms with Crippen molar-refractivity contribution in [2.24, 2.45) is 0 Å². The molecule has 0 N–H and O–H groups in total. The van der Waals surface area contributed by atoms with Crippen LogP contribution in [-0.2, 0) is 0 Å². The molecular weight excluding hydrogens is 637 g/mol. The van der Waals surface area contributed by atoms with Crippen molar-refractivity contribution in [2.45, 2.75) is 0 Å². The maximum atomic E-state index is 4.86. The van der Waals surface area contributed by atoms with Gasteiger partial charge in [-0.1, -0.05) is 84.9 Å². The van der Waals surface area contributed by atoms with E-state index in [1.807, 2.05) is 6.20 Å². The molecule has 9 aromatic rings. The number of fused-ring (bicyclic) bond motifs is 5. The maximum Gasteiger partial charge on any atom is 0.160 e. The van der Waals surface area contributed by atoms with E-state index < -0.39 is 0 Å². The summed E-state index contributed by atoms with van der Waals surface area (Å²) in [7, 11) is 0. The first-order valence-electron chi connectivity index (χ1n) is 17.7. The molecule has 0 atom stereocenters. The molecule has 0 spiro atoms. The van der Waals surface area contributed by atoms with Crippen molar-refractivity contribution >= 4 is 72.5 Å². The van der Waals surface area contributed by atoms with Crippen molar-refractivity contribution in [3.8, 4) is 5.69 Å². The number of hydrogen-bond donors (Lipinski definition) is 0. The summed E-state index contributed by atoms with van der Waals surface area (Å²) in [6.07, 6.45) is 3.59. The minimum absolute atomic E-state index is 0.780. The number of anilines is 7. The topological polar surface area (TPSA) is 40.4 Å². The van der Waals surface area contributed by atoms with Crippen LogP contribution in [0.4, 0.5) is 39.9 Å². The quantitative estimate of drug-likeness (QED) is 0.176. The van der Waals surface area contributed by atoms with Crippen molar-refractivity contribution < 1.29 is 0 Å². The van der Waals surface area contributed by atoms with E-state index >= 15 is 0 Å². The fraction of sp³-hybridized carbons (Fsp3) is 0.0435. The third-order valence-electron chi connectivity index (χ3n) is 10.2. The molecule has 248 valence electrons. The summed E-state index contributed by atoms with van der Waals surface area (Å²) in [5.41, 5.74) is 10.1. The number of para-hydroxylation sites is 3. The Balaban J connectivity index is 1.00. The molecule has 6 nitrogen and oxygen atoms in total. The van der Waals surface area contributed by atoms with Gasteiger partial charge in [0, 0.05) is 58.0 Å². The lowest BCUT2D eigenvalue weighted by atomic mass is 10.1. The van der Waals surface area contributed by atoms with Gasteiger partial charge in [0.05, 0.1) is 17.2 Å². The summed E-state index contributed by atoms with van der Waals surface area (Å²) in [4.78, 5) is 16.3. The first-order chi connectivity index (χ1) is 25.8. The first kappa shape index (κ1) is 29.9. The molecule has 1 aliphatic heterocycles. The molecule has 0 radical (unpaired) electrons. The Morgan fingerprint density at radius 2 is 1.12 bits per heavy atom. The van der Waals surface area contributed by atoms with E-state index in [2.05, 4.69) is 194 Å². The summed E-state index contributed by atoms with van der Waals surface area (Å²) < 4.78 is 2.35. The average Bonchev–Trinajstić information content (AvgIpc) is 3.55. The minimum atomic E-state index is 0.780. The third kappa shape index (κ3) is 5.04. The van der Waals surface area contributed by atoms with Gasteiger partial charge >= 0.3 is 0 Å². The third-order valence-corrected chi connectivity index (χ3v) is 10.2. The molecular formula is C46H34N6. The number of nitrogens with zero attached hydrogens (tertiary/aromatic N) is 6. The lowest BCUT2D eigenvalue weighted by molar-refractivity contribution is 0.826. The number of aromatic nitrogens is 3. The molecule has 0 saturated carbocycles. The molecule has 0 bridgehead atoms. The second kappa shape index (κ2) is 12.4. The van der Waals surface area contributed by atoms with Gasteiger partial charge in [0.15, 0.2) is 5.82 Å². The molecule has 0 unspecified atom stereocenters. The predicted molar refractivity (Wildman–Crippen MR) is 215 cm³/mol. The molecule has 2 aromatic heterocycles. The van der Waals surface area contributed by atoms with E-state index in [0.717, 1.165) is 58.7 Å². The standard InChI is InChI=1S/C46H34N6/c1-3-13-36(14-4-1)51(40-20-19-33-11-7-8-12-34(33)29-40)38-23-21-35(22-24-38)49-27-28-50(46-45(49)31-47-32-48-46)39-25-26-44-42(30-39)41-17-9-10-18-43(41)52(44)37-15-5-2-6-16-37/h1-26,29-32H,27-28H2. The molecule has 52 heavy (non-hydrogen) atoms. The second-order valence-electron chi connectivity index (χ2n) is 13.1. The fourth-order valence-electron chi connectivity index (χ4n) is 7.77. The zero-order valence-electron chi connectivity index (χ0n) is 28.4. The molecule has 0 fully saturated rings. The van der Waals surface area contributed by atoms with Crippen LogP contribution >= 0.6 is 0 Å². The van der Waals surface area contributed by atoms with Crippen LogP contribution in [0.25, 0.3) is 38.3 Å². The van der Waals surface area contributed by atoms with Crippen molar-refractivity contribution in [2.75, 3.05) is 27.8 Å². The van der Waals surface area contributed by atoms with Gasteiger partial charge in [0.2, 0.25) is 0 Å². The smallest absolute Gasteiger partial charge is 0.160 e. The van der Waals surface area contributed by atoms with Crippen molar-refractivity contribution in [3.63, 3.8) is 0 Å². The maximum absolute atomic E-state index is 4.86. The van der Waals surface area contributed by atoms with Gasteiger partial charge in [0.25, 0.3) is 0 Å².